The van der Waals surface area contributed by atoms with Crippen LogP contribution in [0.4, 0.5) is 0 Å². The minimum Gasteiger partial charge on any atom is -0.480 e. The highest BCUT2D eigenvalue weighted by molar-refractivity contribution is 5.99. The molecular weight excluding hydrogens is 1370 g/mol. The Kier molecular flexibility index (Phi) is 36.2. The lowest BCUT2D eigenvalue weighted by Crippen LogP contribution is -2.61. The maximum atomic E-state index is 15.2. The van der Waals surface area contributed by atoms with Crippen molar-refractivity contribution in [2.75, 3.05) is 32.7 Å². The van der Waals surface area contributed by atoms with Crippen molar-refractivity contribution in [3.8, 4) is 0 Å². The Morgan fingerprint density at radius 2 is 0.830 bits per heavy atom. The third kappa shape index (κ3) is 29.0. The van der Waals surface area contributed by atoms with Crippen molar-refractivity contribution in [3.63, 3.8) is 0 Å². The number of hydrogen-bond donors (Lipinski definition) is 22. The monoisotopic (exact) mass is 1480 g/mol. The molecule has 0 fully saturated rings. The van der Waals surface area contributed by atoms with Crippen LogP contribution in [0.2, 0.25) is 0 Å². The zero-order valence-electron chi connectivity index (χ0n) is 60.9. The maximum Gasteiger partial charge on any atom is 0.326 e. The highest BCUT2D eigenvalue weighted by atomic mass is 16.4. The normalized spacial score (nSPS) is 14.4. The number of aromatic nitrogens is 4. The number of guanidine groups is 3. The molecule has 5 aromatic rings. The number of fused-ring (bicyclic) bond motifs is 2. The number of para-hydroxylation sites is 2. The Morgan fingerprint density at radius 1 is 0.453 bits per heavy atom. The van der Waals surface area contributed by atoms with E-state index in [4.69, 9.17) is 51.6 Å². The molecule has 0 aliphatic rings. The summed E-state index contributed by atoms with van der Waals surface area (Å²) in [6.07, 6.45) is 8.27. The quantitative estimate of drug-likeness (QED) is 0.0110. The molecule has 5 rings (SSSR count). The SMILES string of the molecule is CC[C@H](C)[C@H](NC(=O)[C@H](CCCN=C(N)N)NC(=O)[C@H](Cc1c[nH]c2ccccc12)NC(=O)[C@H](Cc1cnc[nH]1)NC(=O)[C@@H](N)Cc1c[nH]c2ccccc12)C(=O)N[C@@H](CCCN=C(N)N)C(=O)N[C@@H](CCCCN)C(=O)N[C@@H](CCCCN)C(=O)N[C@@H](CC(C)C)C(=O)N[C@@H](CCCN=C(N)N)C(=O)O. The number of amides is 9. The van der Waals surface area contributed by atoms with Gasteiger partial charge in [0.1, 0.15) is 54.4 Å². The Hall–Kier alpha value is -10.9. The fraction of sp³-hybridized carbons (Fsp3) is 0.543. The van der Waals surface area contributed by atoms with Crippen LogP contribution in [0.3, 0.4) is 0 Å². The molecule has 0 radical (unpaired) electrons. The predicted octanol–water partition coefficient (Wildman–Crippen LogP) is -2.31. The molecule has 0 saturated heterocycles. The van der Waals surface area contributed by atoms with E-state index in [0.717, 1.165) is 27.4 Å². The number of carboxylic acid groups (broad SMARTS) is 1. The van der Waals surface area contributed by atoms with Crippen LogP contribution in [0.1, 0.15) is 134 Å². The molecule has 0 aliphatic carbocycles. The zero-order chi connectivity index (χ0) is 77.8. The first-order valence-electron chi connectivity index (χ1n) is 36.0. The molecule has 3 heterocycles. The van der Waals surface area contributed by atoms with Crippen LogP contribution < -0.4 is 99.5 Å². The number of rotatable bonds is 49. The van der Waals surface area contributed by atoms with Crippen LogP contribution in [0, 0.1) is 11.8 Å². The molecule has 106 heavy (non-hydrogen) atoms. The van der Waals surface area contributed by atoms with Gasteiger partial charge in [-0.2, -0.15) is 0 Å². The Morgan fingerprint density at radius 3 is 1.26 bits per heavy atom. The topological polar surface area (TPSA) is 631 Å². The number of benzene rings is 2. The van der Waals surface area contributed by atoms with Crippen molar-refractivity contribution in [1.82, 2.24) is 67.8 Å². The lowest BCUT2D eigenvalue weighted by molar-refractivity contribution is -0.142. The van der Waals surface area contributed by atoms with Gasteiger partial charge in [-0.25, -0.2) is 9.78 Å². The first-order chi connectivity index (χ1) is 50.6. The van der Waals surface area contributed by atoms with Crippen molar-refractivity contribution in [3.05, 3.63) is 90.3 Å². The van der Waals surface area contributed by atoms with Gasteiger partial charge in [0.15, 0.2) is 17.9 Å². The summed E-state index contributed by atoms with van der Waals surface area (Å²) in [5, 5.41) is 36.4. The van der Waals surface area contributed by atoms with Gasteiger partial charge in [-0.15, -0.1) is 0 Å². The van der Waals surface area contributed by atoms with E-state index >= 15 is 9.59 Å². The maximum absolute atomic E-state index is 15.2. The summed E-state index contributed by atoms with van der Waals surface area (Å²) in [7, 11) is 0. The van der Waals surface area contributed by atoms with Crippen LogP contribution >= 0.6 is 0 Å². The van der Waals surface area contributed by atoms with Gasteiger partial charge in [0.05, 0.1) is 12.4 Å². The summed E-state index contributed by atoms with van der Waals surface area (Å²) >= 11 is 0. The number of carboxylic acids is 1. The van der Waals surface area contributed by atoms with E-state index < -0.39 is 125 Å². The summed E-state index contributed by atoms with van der Waals surface area (Å²) in [5.41, 5.74) is 55.2. The summed E-state index contributed by atoms with van der Waals surface area (Å²) in [5.74, 6) is -10.0. The van der Waals surface area contributed by atoms with Crippen LogP contribution in [-0.2, 0) is 67.2 Å². The van der Waals surface area contributed by atoms with Crippen LogP contribution in [0.25, 0.3) is 21.8 Å². The smallest absolute Gasteiger partial charge is 0.326 e. The predicted molar refractivity (Wildman–Crippen MR) is 404 cm³/mol. The third-order valence-corrected chi connectivity index (χ3v) is 17.8. The van der Waals surface area contributed by atoms with Crippen LogP contribution in [0.5, 0.6) is 0 Å². The number of imidazole rings is 1. The van der Waals surface area contributed by atoms with E-state index in [2.05, 4.69) is 82.8 Å². The minimum atomic E-state index is -1.44. The molecule has 0 unspecified atom stereocenters. The van der Waals surface area contributed by atoms with Gasteiger partial charge in [-0.05, 0) is 138 Å². The fourth-order valence-corrected chi connectivity index (χ4v) is 11.8. The molecule has 0 bridgehead atoms. The van der Waals surface area contributed by atoms with Gasteiger partial charge in [0.25, 0.3) is 0 Å². The standard InChI is InChI=1S/C70H111N25O11/c1-5-40(4)57(66(104)90-51(23-14-28-81-68(74)75)60(98)87-49(21-10-12-26-71)59(97)88-50(22-11-13-27-72)61(99)93-54(31-39(2)3)63(101)91-53(67(105)106)25-16-30-83-70(78)79)95-62(100)52(24-15-29-82-69(76)77)89-64(102)55(33-42-36-85-48-20-9-7-18-45(42)48)94-65(103)56(34-43-37-80-38-86-43)92-58(96)46(73)32-41-35-84-47-19-8-6-17-44(41)47/h6-9,17-20,35-40,46,49-57,84-85H,5,10-16,21-34,71-73H2,1-4H3,(H,80,86)(H,87,98)(H,88,97)(H,89,102)(H,90,104)(H,91,101)(H,92,96)(H,93,99)(H,94,103)(H,95,100)(H,105,106)(H4,74,75,81)(H4,76,77,82)(H4,78,79,83)/t40-,46-,49-,50-,51-,52-,53-,54-,55-,56-,57-/m0/s1. The highest BCUT2D eigenvalue weighted by Crippen LogP contribution is 2.22. The second-order valence-corrected chi connectivity index (χ2v) is 26.8. The zero-order valence-corrected chi connectivity index (χ0v) is 60.9. The molecule has 2 aromatic carbocycles. The van der Waals surface area contributed by atoms with Crippen molar-refractivity contribution >= 4 is 98.8 Å². The second kappa shape index (κ2) is 44.7. The van der Waals surface area contributed by atoms with E-state index in [1.165, 1.54) is 12.5 Å². The Bertz CT molecular complexity index is 3750. The van der Waals surface area contributed by atoms with E-state index in [0.29, 0.717) is 43.4 Å². The van der Waals surface area contributed by atoms with E-state index in [1.54, 1.807) is 46.2 Å². The van der Waals surface area contributed by atoms with Crippen molar-refractivity contribution < 1.29 is 53.1 Å². The van der Waals surface area contributed by atoms with Gasteiger partial charge in [0, 0.05) is 78.6 Å². The second-order valence-electron chi connectivity index (χ2n) is 26.8. The molecule has 36 nitrogen and oxygen atoms in total. The van der Waals surface area contributed by atoms with Gasteiger partial charge >= 0.3 is 5.97 Å². The van der Waals surface area contributed by atoms with Crippen molar-refractivity contribution in [1.29, 1.82) is 0 Å². The van der Waals surface area contributed by atoms with E-state index in [9.17, 15) is 43.5 Å². The summed E-state index contributed by atoms with van der Waals surface area (Å²) < 4.78 is 0. The van der Waals surface area contributed by atoms with Crippen molar-refractivity contribution in [2.45, 2.75) is 197 Å². The number of hydrogen-bond acceptors (Lipinski definition) is 17. The average Bonchev–Trinajstić information content (AvgIpc) is 1.61. The van der Waals surface area contributed by atoms with E-state index in [1.807, 2.05) is 42.5 Å². The molecule has 11 atom stereocenters. The van der Waals surface area contributed by atoms with Crippen LogP contribution in [-0.4, -0.2) is 195 Å². The van der Waals surface area contributed by atoms with Crippen molar-refractivity contribution in [2.24, 2.45) is 78.4 Å². The molecule has 3 aromatic heterocycles. The molecule has 9 amide bonds. The summed E-state index contributed by atoms with van der Waals surface area (Å²) in [6.45, 7) is 7.64. The molecule has 0 spiro atoms. The number of aliphatic imine (C=N–C) groups is 3. The number of carbonyl (C=O) groups is 10. The first-order valence-corrected chi connectivity index (χ1v) is 36.0. The lowest BCUT2D eigenvalue weighted by Gasteiger charge is -2.30. The summed E-state index contributed by atoms with van der Waals surface area (Å²) in [6, 6.07) is 1.39. The lowest BCUT2D eigenvalue weighted by atomic mass is 9.96. The van der Waals surface area contributed by atoms with Gasteiger partial charge in [-0.3, -0.25) is 58.1 Å². The largest absolute Gasteiger partial charge is 0.480 e. The first kappa shape index (κ1) is 85.8. The fourth-order valence-electron chi connectivity index (χ4n) is 11.8. The Labute approximate surface area is 615 Å². The van der Waals surface area contributed by atoms with Crippen LogP contribution in [0.15, 0.2) is 88.4 Å². The van der Waals surface area contributed by atoms with E-state index in [-0.39, 0.29) is 134 Å². The molecule has 0 saturated carbocycles. The number of aliphatic carboxylic acids is 1. The molecule has 31 N–H and O–H groups in total. The number of unbranched alkanes of at least 4 members (excludes halogenated alkanes) is 2. The minimum absolute atomic E-state index is 0.00291. The summed E-state index contributed by atoms with van der Waals surface area (Å²) in [4.78, 5) is 169. The average molecular weight is 1480 g/mol. The highest BCUT2D eigenvalue weighted by Gasteiger charge is 2.38. The third-order valence-electron chi connectivity index (χ3n) is 17.8. The number of carbonyl (C=O) groups excluding carboxylic acids is 9. The van der Waals surface area contributed by atoms with Gasteiger partial charge < -0.3 is 120 Å². The Balaban J connectivity index is 1.43. The molecular formula is C70H111N25O11. The number of nitrogens with zero attached hydrogens (tertiary/aromatic N) is 4. The number of H-pyrrole nitrogens is 3. The molecule has 36 heteroatoms. The molecule has 0 aliphatic heterocycles. The molecule has 582 valence electrons. The van der Waals surface area contributed by atoms with Gasteiger partial charge in [0.2, 0.25) is 53.2 Å². The number of nitrogens with one attached hydrogen (secondary N) is 12. The number of nitrogens with two attached hydrogens (primary N) is 9. The number of aromatic amines is 3. The van der Waals surface area contributed by atoms with Gasteiger partial charge in [-0.1, -0.05) is 70.5 Å².